The van der Waals surface area contributed by atoms with Crippen LogP contribution in [-0.2, 0) is 6.42 Å². The van der Waals surface area contributed by atoms with Crippen molar-refractivity contribution in [2.24, 2.45) is 0 Å². The van der Waals surface area contributed by atoms with Crippen LogP contribution in [0, 0.1) is 0 Å². The van der Waals surface area contributed by atoms with E-state index in [-0.39, 0.29) is 36.0 Å². The molecule has 43 heavy (non-hydrogen) atoms. The molecular formula is C31H25F4N5O3. The molecule has 0 saturated carbocycles. The highest BCUT2D eigenvalue weighted by Gasteiger charge is 2.44. The van der Waals surface area contributed by atoms with E-state index in [1.54, 1.807) is 42.6 Å². The third kappa shape index (κ3) is 5.60. The van der Waals surface area contributed by atoms with Gasteiger partial charge in [-0.1, -0.05) is 36.4 Å². The largest absolute Gasteiger partial charge is 0.461 e. The summed E-state index contributed by atoms with van der Waals surface area (Å²) in [7, 11) is 0. The zero-order valence-corrected chi connectivity index (χ0v) is 22.6. The highest BCUT2D eigenvalue weighted by molar-refractivity contribution is 6.21. The van der Waals surface area contributed by atoms with Crippen molar-refractivity contribution in [2.75, 3.05) is 23.3 Å². The minimum absolute atomic E-state index is 0.178. The van der Waals surface area contributed by atoms with Crippen LogP contribution in [0.25, 0.3) is 0 Å². The molecule has 0 radical (unpaired) electrons. The maximum Gasteiger partial charge on any atom is 0.461 e. The van der Waals surface area contributed by atoms with Gasteiger partial charge in [-0.2, -0.15) is 17.6 Å². The van der Waals surface area contributed by atoms with Crippen LogP contribution in [0.2, 0.25) is 0 Å². The lowest BCUT2D eigenvalue weighted by molar-refractivity contribution is -0.253. The van der Waals surface area contributed by atoms with E-state index in [1.807, 2.05) is 24.3 Å². The number of para-hydroxylation sites is 1. The topological polar surface area (TPSA) is 87.7 Å². The standard InChI is InChI=1S/C31H25F4N5O3/c32-29(33)31(34,35)43-21-9-5-8-20(18-21)37-30-36-14-13-24(38-30)26-17-19-7-1-4-12-25(19)39(26)15-6-16-40-27(41)22-10-2-3-11-23(22)28(40)42/h1-5,7-14,18,26,29H,6,15-17H2,(H,36,37,38). The molecule has 0 aliphatic carbocycles. The second kappa shape index (κ2) is 11.3. The average Bonchev–Trinajstić information content (AvgIpc) is 3.48. The Balaban J connectivity index is 1.17. The van der Waals surface area contributed by atoms with E-state index in [2.05, 4.69) is 24.9 Å². The molecule has 220 valence electrons. The van der Waals surface area contributed by atoms with Crippen molar-refractivity contribution >= 4 is 29.1 Å². The molecule has 3 aromatic carbocycles. The molecule has 4 aromatic rings. The first-order valence-electron chi connectivity index (χ1n) is 13.6. The molecule has 6 rings (SSSR count). The van der Waals surface area contributed by atoms with Crippen molar-refractivity contribution in [3.05, 3.63) is 107 Å². The monoisotopic (exact) mass is 591 g/mol. The van der Waals surface area contributed by atoms with Crippen LogP contribution in [0.5, 0.6) is 5.75 Å². The molecule has 8 nitrogen and oxygen atoms in total. The van der Waals surface area contributed by atoms with Crippen molar-refractivity contribution in [3.63, 3.8) is 0 Å². The van der Waals surface area contributed by atoms with Crippen molar-refractivity contribution < 1.29 is 31.9 Å². The Morgan fingerprint density at radius 3 is 2.40 bits per heavy atom. The SMILES string of the molecule is O=C1c2ccccc2C(=O)N1CCCN1c2ccccc2CC1c1ccnc(Nc2cccc(OC(F)(F)C(F)F)c2)n1. The molecule has 2 aliphatic rings. The number of anilines is 3. The Kier molecular flexibility index (Phi) is 7.43. The Hall–Kier alpha value is -5.00. The van der Waals surface area contributed by atoms with E-state index < -0.39 is 18.3 Å². The smallest absolute Gasteiger partial charge is 0.428 e. The maximum atomic E-state index is 13.4. The van der Waals surface area contributed by atoms with E-state index in [4.69, 9.17) is 0 Å². The molecular weight excluding hydrogens is 566 g/mol. The number of nitrogens with zero attached hydrogens (tertiary/aromatic N) is 4. The van der Waals surface area contributed by atoms with Gasteiger partial charge in [0.15, 0.2) is 0 Å². The number of rotatable bonds is 10. The van der Waals surface area contributed by atoms with Crippen molar-refractivity contribution in [2.45, 2.75) is 31.4 Å². The summed E-state index contributed by atoms with van der Waals surface area (Å²) < 4.78 is 56.1. The van der Waals surface area contributed by atoms with Crippen LogP contribution in [0.15, 0.2) is 85.1 Å². The van der Waals surface area contributed by atoms with Gasteiger partial charge in [0.25, 0.3) is 11.8 Å². The molecule has 2 amide bonds. The molecule has 1 unspecified atom stereocenters. The summed E-state index contributed by atoms with van der Waals surface area (Å²) in [5.41, 5.74) is 3.92. The van der Waals surface area contributed by atoms with Gasteiger partial charge in [0, 0.05) is 43.1 Å². The fourth-order valence-corrected chi connectivity index (χ4v) is 5.42. The van der Waals surface area contributed by atoms with E-state index in [0.29, 0.717) is 36.2 Å². The molecule has 1 N–H and O–H groups in total. The Morgan fingerprint density at radius 1 is 0.930 bits per heavy atom. The van der Waals surface area contributed by atoms with Crippen LogP contribution < -0.4 is 15.0 Å². The van der Waals surface area contributed by atoms with Crippen LogP contribution in [0.4, 0.5) is 34.9 Å². The third-order valence-electron chi connectivity index (χ3n) is 7.37. The van der Waals surface area contributed by atoms with Gasteiger partial charge in [0.2, 0.25) is 5.95 Å². The van der Waals surface area contributed by atoms with E-state index in [1.165, 1.54) is 11.0 Å². The summed E-state index contributed by atoms with van der Waals surface area (Å²) in [6.07, 6.45) is -5.85. The fraction of sp³-hybridized carbons (Fsp3) is 0.226. The number of imide groups is 1. The van der Waals surface area contributed by atoms with Crippen LogP contribution >= 0.6 is 0 Å². The molecule has 0 bridgehead atoms. The number of nitrogens with one attached hydrogen (secondary N) is 1. The lowest BCUT2D eigenvalue weighted by Crippen LogP contribution is -2.34. The number of alkyl halides is 4. The number of amides is 2. The van der Waals surface area contributed by atoms with Crippen molar-refractivity contribution in [1.29, 1.82) is 0 Å². The lowest BCUT2D eigenvalue weighted by Gasteiger charge is -2.28. The molecule has 0 fully saturated rings. The normalized spacial score (nSPS) is 16.1. The van der Waals surface area contributed by atoms with Gasteiger partial charge < -0.3 is 15.0 Å². The number of carbonyl (C=O) groups excluding carboxylic acids is 2. The predicted octanol–water partition coefficient (Wildman–Crippen LogP) is 6.25. The average molecular weight is 592 g/mol. The van der Waals surface area contributed by atoms with Crippen LogP contribution in [0.3, 0.4) is 0 Å². The number of aromatic nitrogens is 2. The van der Waals surface area contributed by atoms with Crippen LogP contribution in [0.1, 0.15) is 44.4 Å². The molecule has 3 heterocycles. The first kappa shape index (κ1) is 28.1. The van der Waals surface area contributed by atoms with Gasteiger partial charge >= 0.3 is 12.5 Å². The molecule has 0 spiro atoms. The summed E-state index contributed by atoms with van der Waals surface area (Å²) in [6, 6.07) is 21.6. The highest BCUT2D eigenvalue weighted by Crippen LogP contribution is 2.40. The van der Waals surface area contributed by atoms with E-state index in [0.717, 1.165) is 23.4 Å². The zero-order valence-electron chi connectivity index (χ0n) is 22.6. The van der Waals surface area contributed by atoms with Gasteiger partial charge in [-0.15, -0.1) is 0 Å². The lowest BCUT2D eigenvalue weighted by atomic mass is 10.1. The summed E-state index contributed by atoms with van der Waals surface area (Å²) in [6.45, 7) is 0.802. The number of hydrogen-bond donors (Lipinski definition) is 1. The van der Waals surface area contributed by atoms with E-state index in [9.17, 15) is 27.2 Å². The molecule has 0 saturated heterocycles. The van der Waals surface area contributed by atoms with Gasteiger partial charge in [-0.25, -0.2) is 9.97 Å². The fourth-order valence-electron chi connectivity index (χ4n) is 5.42. The van der Waals surface area contributed by atoms with Gasteiger partial charge in [-0.05, 0) is 48.4 Å². The minimum Gasteiger partial charge on any atom is -0.428 e. The first-order chi connectivity index (χ1) is 20.7. The Labute approximate surface area is 243 Å². The number of benzene rings is 3. The summed E-state index contributed by atoms with van der Waals surface area (Å²) in [5, 5.41) is 2.92. The maximum absolute atomic E-state index is 13.4. The second-order valence-electron chi connectivity index (χ2n) is 10.1. The second-order valence-corrected chi connectivity index (χ2v) is 10.1. The van der Waals surface area contributed by atoms with Crippen molar-refractivity contribution in [1.82, 2.24) is 14.9 Å². The Morgan fingerprint density at radius 2 is 1.65 bits per heavy atom. The van der Waals surface area contributed by atoms with Gasteiger partial charge in [0.1, 0.15) is 5.75 Å². The molecule has 1 atom stereocenters. The Bertz CT molecular complexity index is 1650. The molecule has 1 aromatic heterocycles. The number of hydrogen-bond acceptors (Lipinski definition) is 7. The van der Waals surface area contributed by atoms with E-state index >= 15 is 0 Å². The third-order valence-corrected chi connectivity index (χ3v) is 7.37. The first-order valence-corrected chi connectivity index (χ1v) is 13.6. The molecule has 2 aliphatic heterocycles. The highest BCUT2D eigenvalue weighted by atomic mass is 19.3. The number of ether oxygens (including phenoxy) is 1. The summed E-state index contributed by atoms with van der Waals surface area (Å²) in [5.74, 6) is -0.852. The predicted molar refractivity (Wildman–Crippen MR) is 150 cm³/mol. The van der Waals surface area contributed by atoms with Crippen LogP contribution in [-0.4, -0.2) is 52.3 Å². The molecule has 12 heteroatoms. The quantitative estimate of drug-likeness (QED) is 0.172. The summed E-state index contributed by atoms with van der Waals surface area (Å²) >= 11 is 0. The minimum atomic E-state index is -4.63. The summed E-state index contributed by atoms with van der Waals surface area (Å²) in [4.78, 5) is 38.0. The van der Waals surface area contributed by atoms with Gasteiger partial charge in [0.05, 0.1) is 22.9 Å². The van der Waals surface area contributed by atoms with Gasteiger partial charge in [-0.3, -0.25) is 14.5 Å². The zero-order chi connectivity index (χ0) is 30.1. The number of fused-ring (bicyclic) bond motifs is 2. The van der Waals surface area contributed by atoms with Crippen molar-refractivity contribution in [3.8, 4) is 5.75 Å². The number of halogens is 4. The number of carbonyl (C=O) groups is 2.